The number of ether oxygens (including phenoxy) is 1. The molecular weight excluding hydrogens is 256 g/mol. The Labute approximate surface area is 107 Å². The molecule has 0 saturated heterocycles. The van der Waals surface area contributed by atoms with Crippen molar-refractivity contribution < 1.29 is 13.2 Å². The summed E-state index contributed by atoms with van der Waals surface area (Å²) in [5.74, 6) is 5.26. The predicted molar refractivity (Wildman–Crippen MR) is 68.3 cm³/mol. The molecule has 0 radical (unpaired) electrons. The van der Waals surface area contributed by atoms with E-state index in [1.165, 1.54) is 6.20 Å². The van der Waals surface area contributed by atoms with E-state index in [9.17, 15) is 8.42 Å². The smallest absolute Gasteiger partial charge is 0.260 e. The first-order valence-corrected chi connectivity index (χ1v) is 6.92. The third-order valence-corrected chi connectivity index (χ3v) is 3.84. The van der Waals surface area contributed by atoms with E-state index in [0.717, 1.165) is 0 Å². The number of sulfonamides is 1. The van der Waals surface area contributed by atoms with Crippen LogP contribution in [-0.4, -0.2) is 33.2 Å². The summed E-state index contributed by atoms with van der Waals surface area (Å²) in [7, 11) is -2.13. The van der Waals surface area contributed by atoms with Crippen LogP contribution < -0.4 is 16.0 Å². The number of nitrogen functional groups attached to an aromatic ring is 1. The minimum atomic E-state index is -3.69. The number of nitrogens with zero attached hydrogens (tertiary/aromatic N) is 1. The lowest BCUT2D eigenvalue weighted by Gasteiger charge is -2.14. The molecule has 7 nitrogen and oxygen atoms in total. The van der Waals surface area contributed by atoms with Crippen molar-refractivity contribution in [2.45, 2.75) is 24.4 Å². The second kappa shape index (κ2) is 6.64. The zero-order valence-corrected chi connectivity index (χ0v) is 11.2. The first kappa shape index (κ1) is 14.8. The molecule has 8 heteroatoms. The standard InChI is InChI=1S/C10H18N4O3S/c1-8(5-7-17-2)14-18(15,16)10-9(13-11)4-3-6-12-10/h3-4,6,8,13-14H,5,7,11H2,1-2H3. The van der Waals surface area contributed by atoms with Crippen LogP contribution in [0.1, 0.15) is 13.3 Å². The Morgan fingerprint density at radius 3 is 2.89 bits per heavy atom. The summed E-state index contributed by atoms with van der Waals surface area (Å²) in [6.45, 7) is 2.24. The van der Waals surface area contributed by atoms with Gasteiger partial charge in [0.2, 0.25) is 0 Å². The van der Waals surface area contributed by atoms with Crippen molar-refractivity contribution in [3.63, 3.8) is 0 Å². The van der Waals surface area contributed by atoms with Crippen LogP contribution in [0.2, 0.25) is 0 Å². The highest BCUT2D eigenvalue weighted by Gasteiger charge is 2.21. The van der Waals surface area contributed by atoms with Crippen molar-refractivity contribution >= 4 is 15.7 Å². The lowest BCUT2D eigenvalue weighted by Crippen LogP contribution is -2.34. The van der Waals surface area contributed by atoms with Gasteiger partial charge in [0.1, 0.15) is 0 Å². The van der Waals surface area contributed by atoms with E-state index < -0.39 is 10.0 Å². The summed E-state index contributed by atoms with van der Waals surface area (Å²) >= 11 is 0. The molecule has 1 aromatic rings. The van der Waals surface area contributed by atoms with E-state index in [-0.39, 0.29) is 16.8 Å². The molecule has 0 aromatic carbocycles. The summed E-state index contributed by atoms with van der Waals surface area (Å²) in [5.41, 5.74) is 2.57. The fraction of sp³-hybridized carbons (Fsp3) is 0.500. The lowest BCUT2D eigenvalue weighted by atomic mass is 10.3. The molecule has 1 unspecified atom stereocenters. The number of nitrogens with one attached hydrogen (secondary N) is 2. The molecule has 1 rings (SSSR count). The van der Waals surface area contributed by atoms with E-state index in [4.69, 9.17) is 10.6 Å². The second-order valence-electron chi connectivity index (χ2n) is 3.80. The third-order valence-electron chi connectivity index (χ3n) is 2.29. The minimum absolute atomic E-state index is 0.114. The van der Waals surface area contributed by atoms with Gasteiger partial charge in [-0.2, -0.15) is 0 Å². The summed E-state index contributed by atoms with van der Waals surface area (Å²) < 4.78 is 31.6. The SMILES string of the molecule is COCCC(C)NS(=O)(=O)c1ncccc1NN. The van der Waals surface area contributed by atoms with Gasteiger partial charge in [0, 0.05) is 26.0 Å². The molecule has 4 N–H and O–H groups in total. The van der Waals surface area contributed by atoms with E-state index in [0.29, 0.717) is 13.0 Å². The molecule has 0 spiro atoms. The molecule has 1 aromatic heterocycles. The highest BCUT2D eigenvalue weighted by molar-refractivity contribution is 7.89. The molecule has 0 aliphatic heterocycles. The first-order valence-electron chi connectivity index (χ1n) is 5.44. The van der Waals surface area contributed by atoms with Crippen LogP contribution in [0.15, 0.2) is 23.4 Å². The quantitative estimate of drug-likeness (QED) is 0.480. The highest BCUT2D eigenvalue weighted by atomic mass is 32.2. The Hall–Kier alpha value is -1.22. The number of anilines is 1. The predicted octanol–water partition coefficient (Wildman–Crippen LogP) is 0.0705. The number of hydrogen-bond acceptors (Lipinski definition) is 6. The Balaban J connectivity index is 2.86. The molecule has 18 heavy (non-hydrogen) atoms. The molecule has 0 aliphatic rings. The van der Waals surface area contributed by atoms with Crippen molar-refractivity contribution in [1.82, 2.24) is 9.71 Å². The largest absolute Gasteiger partial charge is 0.385 e. The minimum Gasteiger partial charge on any atom is -0.385 e. The molecule has 1 heterocycles. The molecule has 0 bridgehead atoms. The van der Waals surface area contributed by atoms with Crippen LogP contribution in [-0.2, 0) is 14.8 Å². The molecule has 1 atom stereocenters. The molecule has 0 fully saturated rings. The first-order chi connectivity index (χ1) is 8.51. The van der Waals surface area contributed by atoms with Crippen molar-refractivity contribution in [3.8, 4) is 0 Å². The summed E-state index contributed by atoms with van der Waals surface area (Å²) in [6.07, 6.45) is 1.98. The number of hydrogen-bond donors (Lipinski definition) is 3. The Morgan fingerprint density at radius 1 is 1.56 bits per heavy atom. The maximum Gasteiger partial charge on any atom is 0.260 e. The van der Waals surface area contributed by atoms with Crippen molar-refractivity contribution in [2.24, 2.45) is 5.84 Å². The second-order valence-corrected chi connectivity index (χ2v) is 5.43. The van der Waals surface area contributed by atoms with Gasteiger partial charge in [-0.25, -0.2) is 18.1 Å². The van der Waals surface area contributed by atoms with Crippen LogP contribution in [0.3, 0.4) is 0 Å². The van der Waals surface area contributed by atoms with Crippen LogP contribution in [0.5, 0.6) is 0 Å². The summed E-state index contributed by atoms with van der Waals surface area (Å²) in [5, 5.41) is -0.114. The fourth-order valence-electron chi connectivity index (χ4n) is 1.39. The topological polar surface area (TPSA) is 106 Å². The van der Waals surface area contributed by atoms with Crippen LogP contribution >= 0.6 is 0 Å². The normalized spacial score (nSPS) is 13.3. The maximum atomic E-state index is 12.1. The van der Waals surface area contributed by atoms with Crippen molar-refractivity contribution in [3.05, 3.63) is 18.3 Å². The summed E-state index contributed by atoms with van der Waals surface area (Å²) in [6, 6.07) is 2.90. The Morgan fingerprint density at radius 2 is 2.28 bits per heavy atom. The van der Waals surface area contributed by atoms with Crippen molar-refractivity contribution in [1.29, 1.82) is 0 Å². The zero-order chi connectivity index (χ0) is 13.6. The molecular formula is C10H18N4O3S. The number of aromatic nitrogens is 1. The van der Waals surface area contributed by atoms with Crippen LogP contribution in [0, 0.1) is 0 Å². The van der Waals surface area contributed by atoms with E-state index in [1.54, 1.807) is 26.2 Å². The van der Waals surface area contributed by atoms with Gasteiger partial charge in [-0.05, 0) is 25.5 Å². The molecule has 0 aliphatic carbocycles. The van der Waals surface area contributed by atoms with Gasteiger partial charge < -0.3 is 10.2 Å². The Bertz CT molecular complexity index is 478. The molecule has 102 valence electrons. The third kappa shape index (κ3) is 3.91. The number of methoxy groups -OCH3 is 1. The lowest BCUT2D eigenvalue weighted by molar-refractivity contribution is 0.188. The summed E-state index contributed by atoms with van der Waals surface area (Å²) in [4.78, 5) is 3.83. The van der Waals surface area contributed by atoms with Gasteiger partial charge in [0.05, 0.1) is 5.69 Å². The number of nitrogens with two attached hydrogens (primary N) is 1. The molecule has 0 amide bonds. The van der Waals surface area contributed by atoms with E-state index >= 15 is 0 Å². The molecule has 0 saturated carbocycles. The fourth-order valence-corrected chi connectivity index (χ4v) is 2.76. The van der Waals surface area contributed by atoms with E-state index in [2.05, 4.69) is 15.1 Å². The van der Waals surface area contributed by atoms with Crippen LogP contribution in [0.4, 0.5) is 5.69 Å². The average Bonchev–Trinajstić information content (AvgIpc) is 2.35. The van der Waals surface area contributed by atoms with Crippen LogP contribution in [0.25, 0.3) is 0 Å². The van der Waals surface area contributed by atoms with Gasteiger partial charge >= 0.3 is 0 Å². The van der Waals surface area contributed by atoms with Crippen molar-refractivity contribution in [2.75, 3.05) is 19.1 Å². The number of pyridine rings is 1. The number of rotatable bonds is 7. The maximum absolute atomic E-state index is 12.1. The zero-order valence-electron chi connectivity index (χ0n) is 10.4. The Kier molecular flexibility index (Phi) is 5.48. The van der Waals surface area contributed by atoms with Gasteiger partial charge in [-0.15, -0.1) is 0 Å². The highest BCUT2D eigenvalue weighted by Crippen LogP contribution is 2.16. The van der Waals surface area contributed by atoms with Gasteiger partial charge in [0.25, 0.3) is 10.0 Å². The van der Waals surface area contributed by atoms with Gasteiger partial charge in [-0.3, -0.25) is 5.84 Å². The number of hydrazine groups is 1. The average molecular weight is 274 g/mol. The monoisotopic (exact) mass is 274 g/mol. The van der Waals surface area contributed by atoms with Gasteiger partial charge in [-0.1, -0.05) is 0 Å². The van der Waals surface area contributed by atoms with Gasteiger partial charge in [0.15, 0.2) is 5.03 Å². The van der Waals surface area contributed by atoms with E-state index in [1.807, 2.05) is 0 Å².